The van der Waals surface area contributed by atoms with Crippen LogP contribution >= 0.6 is 11.6 Å². The van der Waals surface area contributed by atoms with E-state index in [4.69, 9.17) is 17.3 Å². The zero-order valence-corrected chi connectivity index (χ0v) is 12.3. The van der Waals surface area contributed by atoms with E-state index in [0.29, 0.717) is 0 Å². The number of methoxy groups -OCH3 is 2. The largest absolute Gasteiger partial charge is 0.468 e. The number of ether oxygens (including phenoxy) is 2. The van der Waals surface area contributed by atoms with Gasteiger partial charge in [-0.25, -0.2) is 0 Å². The molecule has 0 spiro atoms. The zero-order valence-electron chi connectivity index (χ0n) is 11.6. The van der Waals surface area contributed by atoms with Gasteiger partial charge in [-0.15, -0.1) is 0 Å². The highest BCUT2D eigenvalue weighted by Gasteiger charge is 2.25. The second-order valence-corrected chi connectivity index (χ2v) is 4.42. The topological polar surface area (TPSA) is 98.9 Å². The van der Waals surface area contributed by atoms with Gasteiger partial charge in [0, 0.05) is 5.69 Å². The van der Waals surface area contributed by atoms with Crippen molar-refractivity contribution >= 4 is 35.1 Å². The van der Waals surface area contributed by atoms with Crippen molar-refractivity contribution in [1.29, 1.82) is 0 Å². The number of carbonyl (C=O) groups is 3. The standard InChI is InChI=1S/C13H15ClN2O5/c1-20-10(17)6-16(7-11(18)21-2)13(19)12-8(14)4-3-5-9(12)15/h3-5H,6-7,15H2,1-2H3. The maximum absolute atomic E-state index is 12.4. The summed E-state index contributed by atoms with van der Waals surface area (Å²) in [4.78, 5) is 36.1. The molecule has 0 radical (unpaired) electrons. The van der Waals surface area contributed by atoms with Gasteiger partial charge in [-0.1, -0.05) is 17.7 Å². The number of rotatable bonds is 5. The number of carbonyl (C=O) groups excluding carboxylic acids is 3. The fraction of sp³-hybridized carbons (Fsp3) is 0.308. The molecule has 0 saturated carbocycles. The molecule has 0 aliphatic heterocycles. The Morgan fingerprint density at radius 1 is 1.14 bits per heavy atom. The number of nitrogens with zero attached hydrogens (tertiary/aromatic N) is 1. The molecule has 21 heavy (non-hydrogen) atoms. The van der Waals surface area contributed by atoms with Gasteiger partial charge in [0.15, 0.2) is 0 Å². The summed E-state index contributed by atoms with van der Waals surface area (Å²) in [6.45, 7) is -0.843. The predicted molar refractivity (Wildman–Crippen MR) is 75.8 cm³/mol. The number of benzene rings is 1. The molecule has 0 aliphatic carbocycles. The summed E-state index contributed by atoms with van der Waals surface area (Å²) < 4.78 is 8.99. The van der Waals surface area contributed by atoms with Gasteiger partial charge >= 0.3 is 11.9 Å². The first-order valence-corrected chi connectivity index (χ1v) is 6.25. The van der Waals surface area contributed by atoms with Crippen molar-refractivity contribution in [3.63, 3.8) is 0 Å². The van der Waals surface area contributed by atoms with Crippen molar-refractivity contribution in [2.24, 2.45) is 0 Å². The summed E-state index contributed by atoms with van der Waals surface area (Å²) in [5, 5.41) is 0.125. The van der Waals surface area contributed by atoms with E-state index in [9.17, 15) is 14.4 Å². The number of esters is 2. The van der Waals surface area contributed by atoms with E-state index < -0.39 is 30.9 Å². The van der Waals surface area contributed by atoms with Gasteiger partial charge in [0.05, 0.1) is 24.8 Å². The highest BCUT2D eigenvalue weighted by Crippen LogP contribution is 2.23. The third-order valence-electron chi connectivity index (χ3n) is 2.64. The predicted octanol–water partition coefficient (Wildman–Crippen LogP) is 0.710. The molecule has 1 amide bonds. The Bertz CT molecular complexity index is 523. The lowest BCUT2D eigenvalue weighted by Gasteiger charge is -2.21. The van der Waals surface area contributed by atoms with E-state index in [1.807, 2.05) is 0 Å². The zero-order chi connectivity index (χ0) is 16.0. The number of amides is 1. The quantitative estimate of drug-likeness (QED) is 0.635. The minimum atomic E-state index is -0.683. The fourth-order valence-electron chi connectivity index (χ4n) is 1.56. The van der Waals surface area contributed by atoms with E-state index in [-0.39, 0.29) is 16.3 Å². The maximum atomic E-state index is 12.4. The van der Waals surface area contributed by atoms with Crippen LogP contribution in [-0.4, -0.2) is 50.1 Å². The SMILES string of the molecule is COC(=O)CN(CC(=O)OC)C(=O)c1c(N)cccc1Cl. The Morgan fingerprint density at radius 2 is 1.67 bits per heavy atom. The van der Waals surface area contributed by atoms with Gasteiger partial charge in [-0.05, 0) is 12.1 Å². The Labute approximate surface area is 126 Å². The van der Waals surface area contributed by atoms with Gasteiger partial charge in [0.25, 0.3) is 5.91 Å². The lowest BCUT2D eigenvalue weighted by Crippen LogP contribution is -2.40. The van der Waals surface area contributed by atoms with E-state index in [1.54, 1.807) is 6.07 Å². The smallest absolute Gasteiger partial charge is 0.325 e. The molecule has 8 heteroatoms. The van der Waals surface area contributed by atoms with Crippen molar-refractivity contribution in [1.82, 2.24) is 4.90 Å². The number of nitrogens with two attached hydrogens (primary N) is 1. The van der Waals surface area contributed by atoms with Gasteiger partial charge in [-0.3, -0.25) is 14.4 Å². The first-order valence-electron chi connectivity index (χ1n) is 5.87. The molecule has 1 aromatic rings. The summed E-state index contributed by atoms with van der Waals surface area (Å²) in [6.07, 6.45) is 0. The number of nitrogen functional groups attached to an aromatic ring is 1. The molecule has 0 aliphatic rings. The summed E-state index contributed by atoms with van der Waals surface area (Å²) >= 11 is 5.95. The summed E-state index contributed by atoms with van der Waals surface area (Å²) in [5.41, 5.74) is 5.89. The lowest BCUT2D eigenvalue weighted by atomic mass is 10.1. The Kier molecular flexibility index (Phi) is 5.98. The molecule has 0 atom stereocenters. The van der Waals surface area contributed by atoms with Crippen LogP contribution < -0.4 is 5.73 Å². The monoisotopic (exact) mass is 314 g/mol. The summed E-state index contributed by atoms with van der Waals surface area (Å²) in [5.74, 6) is -2.02. The molecular formula is C13H15ClN2O5. The molecule has 1 aromatic carbocycles. The Morgan fingerprint density at radius 3 is 2.10 bits per heavy atom. The molecule has 0 aromatic heterocycles. The van der Waals surface area contributed by atoms with Gasteiger partial charge in [-0.2, -0.15) is 0 Å². The van der Waals surface area contributed by atoms with E-state index in [2.05, 4.69) is 9.47 Å². The van der Waals surface area contributed by atoms with Crippen molar-refractivity contribution < 1.29 is 23.9 Å². The molecule has 0 heterocycles. The minimum Gasteiger partial charge on any atom is -0.468 e. The Balaban J connectivity index is 3.09. The normalized spacial score (nSPS) is 9.86. The van der Waals surface area contributed by atoms with E-state index in [0.717, 1.165) is 4.90 Å². The van der Waals surface area contributed by atoms with Gasteiger partial charge < -0.3 is 20.1 Å². The molecule has 0 unspecified atom stereocenters. The first-order chi connectivity index (χ1) is 9.90. The molecule has 0 saturated heterocycles. The van der Waals surface area contributed by atoms with E-state index >= 15 is 0 Å². The average molecular weight is 315 g/mol. The molecule has 0 bridgehead atoms. The van der Waals surface area contributed by atoms with Crippen molar-refractivity contribution in [3.8, 4) is 0 Å². The van der Waals surface area contributed by atoms with Crippen LogP contribution in [0.2, 0.25) is 5.02 Å². The third-order valence-corrected chi connectivity index (χ3v) is 2.96. The highest BCUT2D eigenvalue weighted by atomic mass is 35.5. The van der Waals surface area contributed by atoms with Crippen LogP contribution in [0.1, 0.15) is 10.4 Å². The second-order valence-electron chi connectivity index (χ2n) is 4.02. The maximum Gasteiger partial charge on any atom is 0.325 e. The number of halogens is 1. The van der Waals surface area contributed by atoms with Crippen molar-refractivity contribution in [3.05, 3.63) is 28.8 Å². The highest BCUT2D eigenvalue weighted by molar-refractivity contribution is 6.34. The van der Waals surface area contributed by atoms with Crippen LogP contribution in [0.5, 0.6) is 0 Å². The number of hydrogen-bond acceptors (Lipinski definition) is 6. The van der Waals surface area contributed by atoms with E-state index in [1.165, 1.54) is 26.4 Å². The average Bonchev–Trinajstić information content (AvgIpc) is 2.45. The summed E-state index contributed by atoms with van der Waals surface area (Å²) in [6, 6.07) is 4.56. The number of hydrogen-bond donors (Lipinski definition) is 1. The van der Waals surface area contributed by atoms with Crippen LogP contribution in [0.4, 0.5) is 5.69 Å². The van der Waals surface area contributed by atoms with Crippen LogP contribution in [-0.2, 0) is 19.1 Å². The Hall–Kier alpha value is -2.28. The van der Waals surface area contributed by atoms with Gasteiger partial charge in [0.2, 0.25) is 0 Å². The molecule has 1 rings (SSSR count). The molecule has 0 fully saturated rings. The molecular weight excluding hydrogens is 300 g/mol. The lowest BCUT2D eigenvalue weighted by molar-refractivity contribution is -0.144. The fourth-order valence-corrected chi connectivity index (χ4v) is 1.83. The molecule has 114 valence electrons. The summed E-state index contributed by atoms with van der Waals surface area (Å²) in [7, 11) is 2.35. The molecule has 7 nitrogen and oxygen atoms in total. The third kappa shape index (κ3) is 4.35. The van der Waals surface area contributed by atoms with Crippen molar-refractivity contribution in [2.75, 3.05) is 33.0 Å². The van der Waals surface area contributed by atoms with Crippen LogP contribution in [0.25, 0.3) is 0 Å². The van der Waals surface area contributed by atoms with Crippen LogP contribution in [0.3, 0.4) is 0 Å². The minimum absolute atomic E-state index is 0.0203. The van der Waals surface area contributed by atoms with Gasteiger partial charge in [0.1, 0.15) is 13.1 Å². The van der Waals surface area contributed by atoms with Crippen LogP contribution in [0, 0.1) is 0 Å². The first kappa shape index (κ1) is 16.8. The number of anilines is 1. The molecule has 2 N–H and O–H groups in total. The van der Waals surface area contributed by atoms with Crippen LogP contribution in [0.15, 0.2) is 18.2 Å². The second kappa shape index (κ2) is 7.49. The van der Waals surface area contributed by atoms with Crippen molar-refractivity contribution in [2.45, 2.75) is 0 Å².